The standard InChI is InChI=1S/C13H20F3NO2/c14-13(15,16)12(7-8-17-9-12)11(18)19-10-5-3-1-2-4-6-10/h10,17H,1-9H2. The monoisotopic (exact) mass is 279 g/mol. The van der Waals surface area contributed by atoms with Gasteiger partial charge in [0.15, 0.2) is 5.41 Å². The third-order valence-electron chi connectivity index (χ3n) is 4.16. The number of ether oxygens (including phenoxy) is 1. The van der Waals surface area contributed by atoms with Crippen LogP contribution in [-0.2, 0) is 9.53 Å². The zero-order valence-electron chi connectivity index (χ0n) is 10.9. The fourth-order valence-corrected chi connectivity index (χ4v) is 2.85. The minimum atomic E-state index is -4.54. The number of esters is 1. The molecule has 0 amide bonds. The molecule has 2 fully saturated rings. The fraction of sp³-hybridized carbons (Fsp3) is 0.923. The molecule has 110 valence electrons. The van der Waals surface area contributed by atoms with E-state index in [0.717, 1.165) is 25.7 Å². The van der Waals surface area contributed by atoms with Crippen molar-refractivity contribution in [3.8, 4) is 0 Å². The molecular weight excluding hydrogens is 259 g/mol. The number of carbonyl (C=O) groups excluding carboxylic acids is 1. The van der Waals surface area contributed by atoms with Gasteiger partial charge >= 0.3 is 12.1 Å². The molecule has 0 spiro atoms. The van der Waals surface area contributed by atoms with E-state index in [0.29, 0.717) is 12.8 Å². The van der Waals surface area contributed by atoms with Gasteiger partial charge in [-0.05, 0) is 38.6 Å². The molecule has 1 heterocycles. The van der Waals surface area contributed by atoms with Gasteiger partial charge in [-0.15, -0.1) is 0 Å². The summed E-state index contributed by atoms with van der Waals surface area (Å²) in [5.41, 5.74) is -2.33. The van der Waals surface area contributed by atoms with Gasteiger partial charge in [-0.2, -0.15) is 13.2 Å². The minimum absolute atomic E-state index is 0.208. The Labute approximate surface area is 110 Å². The lowest BCUT2D eigenvalue weighted by Crippen LogP contribution is -2.48. The minimum Gasteiger partial charge on any atom is -0.462 e. The lowest BCUT2D eigenvalue weighted by Gasteiger charge is -2.30. The van der Waals surface area contributed by atoms with Gasteiger partial charge in [-0.25, -0.2) is 0 Å². The molecule has 3 nitrogen and oxygen atoms in total. The van der Waals surface area contributed by atoms with Crippen molar-refractivity contribution >= 4 is 5.97 Å². The van der Waals surface area contributed by atoms with Crippen molar-refractivity contribution in [2.24, 2.45) is 5.41 Å². The quantitative estimate of drug-likeness (QED) is 0.624. The van der Waals surface area contributed by atoms with Crippen LogP contribution >= 0.6 is 0 Å². The van der Waals surface area contributed by atoms with Crippen molar-refractivity contribution in [1.29, 1.82) is 0 Å². The first-order chi connectivity index (χ1) is 8.96. The fourth-order valence-electron chi connectivity index (χ4n) is 2.85. The predicted molar refractivity (Wildman–Crippen MR) is 63.6 cm³/mol. The van der Waals surface area contributed by atoms with Crippen LogP contribution in [0.5, 0.6) is 0 Å². The number of hydrogen-bond donors (Lipinski definition) is 1. The van der Waals surface area contributed by atoms with Crippen LogP contribution < -0.4 is 5.32 Å². The average molecular weight is 279 g/mol. The number of nitrogens with one attached hydrogen (secondary N) is 1. The highest BCUT2D eigenvalue weighted by Gasteiger charge is 2.62. The summed E-state index contributed by atoms with van der Waals surface area (Å²) in [6, 6.07) is 0. The van der Waals surface area contributed by atoms with Gasteiger partial charge in [0.1, 0.15) is 6.10 Å². The summed E-state index contributed by atoms with van der Waals surface area (Å²) in [6.45, 7) is -0.151. The van der Waals surface area contributed by atoms with E-state index in [1.165, 1.54) is 0 Å². The van der Waals surface area contributed by atoms with Crippen molar-refractivity contribution in [2.45, 2.75) is 57.2 Å². The van der Waals surface area contributed by atoms with E-state index < -0.39 is 17.6 Å². The van der Waals surface area contributed by atoms with E-state index in [4.69, 9.17) is 4.74 Å². The molecule has 0 aromatic rings. The van der Waals surface area contributed by atoms with E-state index in [2.05, 4.69) is 5.32 Å². The van der Waals surface area contributed by atoms with Gasteiger partial charge in [0.2, 0.25) is 0 Å². The molecule has 6 heteroatoms. The van der Waals surface area contributed by atoms with Crippen molar-refractivity contribution < 1.29 is 22.7 Å². The van der Waals surface area contributed by atoms with Gasteiger partial charge in [0, 0.05) is 6.54 Å². The Hall–Kier alpha value is -0.780. The number of hydrogen-bond acceptors (Lipinski definition) is 3. The van der Waals surface area contributed by atoms with Gasteiger partial charge in [-0.1, -0.05) is 12.8 Å². The van der Waals surface area contributed by atoms with Crippen LogP contribution in [0.25, 0.3) is 0 Å². The Morgan fingerprint density at radius 3 is 2.26 bits per heavy atom. The topological polar surface area (TPSA) is 38.3 Å². The zero-order chi connectivity index (χ0) is 13.9. The predicted octanol–water partition coefficient (Wildman–Crippen LogP) is 2.79. The number of rotatable bonds is 2. The maximum atomic E-state index is 13.2. The molecule has 2 aliphatic rings. The van der Waals surface area contributed by atoms with Crippen LogP contribution in [0, 0.1) is 5.41 Å². The Balaban J connectivity index is 2.04. The van der Waals surface area contributed by atoms with Crippen molar-refractivity contribution in [3.63, 3.8) is 0 Å². The third-order valence-corrected chi connectivity index (χ3v) is 4.16. The maximum absolute atomic E-state index is 13.2. The molecule has 1 saturated carbocycles. The Morgan fingerprint density at radius 2 is 1.79 bits per heavy atom. The summed E-state index contributed by atoms with van der Waals surface area (Å²) in [7, 11) is 0. The highest BCUT2D eigenvalue weighted by Crippen LogP contribution is 2.44. The van der Waals surface area contributed by atoms with Crippen LogP contribution in [0.2, 0.25) is 0 Å². The van der Waals surface area contributed by atoms with Crippen molar-refractivity contribution in [3.05, 3.63) is 0 Å². The molecule has 1 atom stereocenters. The number of halogens is 3. The highest BCUT2D eigenvalue weighted by atomic mass is 19.4. The zero-order valence-corrected chi connectivity index (χ0v) is 10.9. The number of alkyl halides is 3. The Kier molecular flexibility index (Phi) is 4.38. The van der Waals surface area contributed by atoms with E-state index in [1.807, 2.05) is 0 Å². The summed E-state index contributed by atoms with van der Waals surface area (Å²) in [5, 5.41) is 2.63. The molecule has 0 radical (unpaired) electrons. The SMILES string of the molecule is O=C(OC1CCCCCC1)C1(C(F)(F)F)CCNC1. The van der Waals surface area contributed by atoms with Crippen LogP contribution in [0.4, 0.5) is 13.2 Å². The largest absolute Gasteiger partial charge is 0.462 e. The summed E-state index contributed by atoms with van der Waals surface area (Å²) in [6.07, 6.45) is 0.264. The maximum Gasteiger partial charge on any atom is 0.406 e. The third kappa shape index (κ3) is 3.04. The summed E-state index contributed by atoms with van der Waals surface area (Å²) >= 11 is 0. The van der Waals surface area contributed by atoms with E-state index in [1.54, 1.807) is 0 Å². The second-order valence-corrected chi connectivity index (χ2v) is 5.53. The normalized spacial score (nSPS) is 30.1. The Bertz CT molecular complexity index is 316. The van der Waals surface area contributed by atoms with E-state index in [9.17, 15) is 18.0 Å². The summed E-state index contributed by atoms with van der Waals surface area (Å²) < 4.78 is 44.7. The van der Waals surface area contributed by atoms with Gasteiger partial charge in [0.25, 0.3) is 0 Å². The molecule has 1 saturated heterocycles. The second-order valence-electron chi connectivity index (χ2n) is 5.53. The molecule has 1 N–H and O–H groups in total. The van der Waals surface area contributed by atoms with Crippen LogP contribution in [-0.4, -0.2) is 31.3 Å². The Morgan fingerprint density at radius 1 is 1.16 bits per heavy atom. The van der Waals surface area contributed by atoms with Crippen LogP contribution in [0.3, 0.4) is 0 Å². The van der Waals surface area contributed by atoms with Gasteiger partial charge in [0.05, 0.1) is 0 Å². The lowest BCUT2D eigenvalue weighted by molar-refractivity contribution is -0.232. The summed E-state index contributed by atoms with van der Waals surface area (Å²) in [4.78, 5) is 12.0. The smallest absolute Gasteiger partial charge is 0.406 e. The van der Waals surface area contributed by atoms with Crippen LogP contribution in [0.15, 0.2) is 0 Å². The van der Waals surface area contributed by atoms with Crippen molar-refractivity contribution in [2.75, 3.05) is 13.1 Å². The average Bonchev–Trinajstić information content (AvgIpc) is 2.71. The molecule has 2 rings (SSSR count). The van der Waals surface area contributed by atoms with E-state index >= 15 is 0 Å². The lowest BCUT2D eigenvalue weighted by atomic mass is 9.86. The number of carbonyl (C=O) groups is 1. The first-order valence-electron chi connectivity index (χ1n) is 6.94. The molecule has 1 unspecified atom stereocenters. The first kappa shape index (κ1) is 14.6. The van der Waals surface area contributed by atoms with Gasteiger partial charge < -0.3 is 10.1 Å². The summed E-state index contributed by atoms with van der Waals surface area (Å²) in [5.74, 6) is -1.09. The molecule has 0 bridgehead atoms. The van der Waals surface area contributed by atoms with Crippen molar-refractivity contribution in [1.82, 2.24) is 5.32 Å². The molecule has 0 aromatic carbocycles. The molecule has 19 heavy (non-hydrogen) atoms. The molecular formula is C13H20F3NO2. The molecule has 1 aliphatic heterocycles. The van der Waals surface area contributed by atoms with Gasteiger partial charge in [-0.3, -0.25) is 4.79 Å². The van der Waals surface area contributed by atoms with Crippen LogP contribution in [0.1, 0.15) is 44.9 Å². The van der Waals surface area contributed by atoms with E-state index in [-0.39, 0.29) is 25.6 Å². The molecule has 0 aromatic heterocycles. The first-order valence-corrected chi connectivity index (χ1v) is 6.94. The molecule has 1 aliphatic carbocycles. The highest BCUT2D eigenvalue weighted by molar-refractivity contribution is 5.79. The second kappa shape index (κ2) is 5.69.